The van der Waals surface area contributed by atoms with Gasteiger partial charge in [0.25, 0.3) is 0 Å². The summed E-state index contributed by atoms with van der Waals surface area (Å²) < 4.78 is 0. The molecule has 0 fully saturated rings. The normalized spacial score (nSPS) is 16.5. The fourth-order valence-corrected chi connectivity index (χ4v) is 2.05. The van der Waals surface area contributed by atoms with Crippen molar-refractivity contribution >= 4 is 11.7 Å². The van der Waals surface area contributed by atoms with Crippen molar-refractivity contribution < 1.29 is 4.79 Å². The molecule has 17 heavy (non-hydrogen) atoms. The number of hydrogen-bond acceptors (Lipinski definition) is 2. The standard InChI is InChI=1S/C13H23N3O/c1-2-3-5-10-12(15-16-13(14)17)11-8-6-4-7-9-11/h8H,2-7,9-10H2,1H3,(H3,14,16,17)/b15-12-. The first-order chi connectivity index (χ1) is 8.24. The van der Waals surface area contributed by atoms with Crippen LogP contribution in [0.1, 0.15) is 58.3 Å². The Labute approximate surface area is 103 Å². The predicted molar refractivity (Wildman–Crippen MR) is 70.8 cm³/mol. The molecule has 1 rings (SSSR count). The number of nitrogens with zero attached hydrogens (tertiary/aromatic N) is 1. The van der Waals surface area contributed by atoms with Gasteiger partial charge in [-0.2, -0.15) is 5.10 Å². The van der Waals surface area contributed by atoms with E-state index in [1.54, 1.807) is 0 Å². The van der Waals surface area contributed by atoms with E-state index in [1.165, 1.54) is 31.3 Å². The second-order valence-corrected chi connectivity index (χ2v) is 4.47. The number of urea groups is 1. The first-order valence-corrected chi connectivity index (χ1v) is 6.55. The zero-order valence-corrected chi connectivity index (χ0v) is 10.7. The van der Waals surface area contributed by atoms with Gasteiger partial charge in [0.15, 0.2) is 0 Å². The largest absolute Gasteiger partial charge is 0.350 e. The van der Waals surface area contributed by atoms with E-state index >= 15 is 0 Å². The molecule has 0 heterocycles. The van der Waals surface area contributed by atoms with Crippen LogP contribution in [-0.4, -0.2) is 11.7 Å². The zero-order valence-electron chi connectivity index (χ0n) is 10.7. The lowest BCUT2D eigenvalue weighted by molar-refractivity contribution is 0.249. The number of unbranched alkanes of at least 4 members (excludes halogenated alkanes) is 2. The van der Waals surface area contributed by atoms with Gasteiger partial charge in [0.05, 0.1) is 5.71 Å². The number of hydrogen-bond donors (Lipinski definition) is 2. The maximum atomic E-state index is 10.7. The number of allylic oxidation sites excluding steroid dienone is 2. The van der Waals surface area contributed by atoms with Gasteiger partial charge in [-0.25, -0.2) is 10.2 Å². The van der Waals surface area contributed by atoms with E-state index in [0.717, 1.165) is 31.4 Å². The lowest BCUT2D eigenvalue weighted by Crippen LogP contribution is -2.26. The number of carbonyl (C=O) groups excluding carboxylic acids is 1. The minimum absolute atomic E-state index is 0.589. The summed E-state index contributed by atoms with van der Waals surface area (Å²) in [5.74, 6) is 0. The van der Waals surface area contributed by atoms with Gasteiger partial charge in [-0.3, -0.25) is 0 Å². The lowest BCUT2D eigenvalue weighted by Gasteiger charge is -2.15. The van der Waals surface area contributed by atoms with Crippen LogP contribution in [0.2, 0.25) is 0 Å². The molecular formula is C13H23N3O. The van der Waals surface area contributed by atoms with Crippen molar-refractivity contribution in [2.45, 2.75) is 58.3 Å². The average molecular weight is 237 g/mol. The third-order valence-corrected chi connectivity index (χ3v) is 2.98. The number of rotatable bonds is 6. The van der Waals surface area contributed by atoms with Crippen molar-refractivity contribution in [2.75, 3.05) is 0 Å². The predicted octanol–water partition coefficient (Wildman–Crippen LogP) is 3.09. The van der Waals surface area contributed by atoms with Crippen LogP contribution in [0.25, 0.3) is 0 Å². The molecule has 2 amide bonds. The molecule has 0 saturated carbocycles. The number of nitrogens with one attached hydrogen (secondary N) is 1. The highest BCUT2D eigenvalue weighted by molar-refractivity contribution is 6.00. The van der Waals surface area contributed by atoms with Crippen LogP contribution < -0.4 is 11.2 Å². The summed E-state index contributed by atoms with van der Waals surface area (Å²) in [4.78, 5) is 10.7. The summed E-state index contributed by atoms with van der Waals surface area (Å²) in [7, 11) is 0. The van der Waals surface area contributed by atoms with E-state index in [9.17, 15) is 4.79 Å². The quantitative estimate of drug-likeness (QED) is 0.416. The van der Waals surface area contributed by atoms with Crippen molar-refractivity contribution in [3.8, 4) is 0 Å². The number of amides is 2. The fourth-order valence-electron chi connectivity index (χ4n) is 2.05. The highest BCUT2D eigenvalue weighted by Crippen LogP contribution is 2.21. The molecule has 1 aliphatic carbocycles. The van der Waals surface area contributed by atoms with Crippen molar-refractivity contribution in [2.24, 2.45) is 10.8 Å². The van der Waals surface area contributed by atoms with Crippen LogP contribution >= 0.6 is 0 Å². The molecule has 0 aromatic carbocycles. The highest BCUT2D eigenvalue weighted by atomic mass is 16.2. The van der Waals surface area contributed by atoms with Crippen molar-refractivity contribution in [1.29, 1.82) is 0 Å². The molecule has 0 unspecified atom stereocenters. The first kappa shape index (κ1) is 13.7. The molecule has 1 aliphatic rings. The Morgan fingerprint density at radius 1 is 1.47 bits per heavy atom. The topological polar surface area (TPSA) is 67.5 Å². The van der Waals surface area contributed by atoms with Crippen LogP contribution in [0, 0.1) is 0 Å². The number of hydrazone groups is 1. The average Bonchev–Trinajstić information content (AvgIpc) is 2.34. The molecule has 0 spiro atoms. The SMILES string of the molecule is CCCCC/C(=N/NC(N)=O)C1=CCCCC1. The van der Waals surface area contributed by atoms with Crippen molar-refractivity contribution in [3.63, 3.8) is 0 Å². The van der Waals surface area contributed by atoms with E-state index in [0.29, 0.717) is 0 Å². The molecule has 96 valence electrons. The monoisotopic (exact) mass is 237 g/mol. The molecule has 4 heteroatoms. The molecular weight excluding hydrogens is 214 g/mol. The van der Waals surface area contributed by atoms with Crippen LogP contribution in [0.5, 0.6) is 0 Å². The van der Waals surface area contributed by atoms with Gasteiger partial charge < -0.3 is 5.73 Å². The maximum absolute atomic E-state index is 10.7. The Morgan fingerprint density at radius 2 is 2.29 bits per heavy atom. The summed E-state index contributed by atoms with van der Waals surface area (Å²) in [6, 6.07) is -0.589. The van der Waals surface area contributed by atoms with Gasteiger partial charge in [-0.1, -0.05) is 25.8 Å². The summed E-state index contributed by atoms with van der Waals surface area (Å²) in [5.41, 5.74) is 9.71. The molecule has 0 saturated heterocycles. The van der Waals surface area contributed by atoms with E-state index in [2.05, 4.69) is 23.5 Å². The number of primary amides is 1. The van der Waals surface area contributed by atoms with Crippen LogP contribution in [0.4, 0.5) is 4.79 Å². The van der Waals surface area contributed by atoms with Gasteiger partial charge >= 0.3 is 6.03 Å². The third-order valence-electron chi connectivity index (χ3n) is 2.98. The van der Waals surface area contributed by atoms with Crippen LogP contribution in [0.3, 0.4) is 0 Å². The summed E-state index contributed by atoms with van der Waals surface area (Å²) in [5, 5.41) is 4.14. The zero-order chi connectivity index (χ0) is 12.5. The second kappa shape index (κ2) is 7.87. The second-order valence-electron chi connectivity index (χ2n) is 4.47. The summed E-state index contributed by atoms with van der Waals surface area (Å²) in [6.45, 7) is 2.18. The molecule has 0 radical (unpaired) electrons. The number of carbonyl (C=O) groups is 1. The first-order valence-electron chi connectivity index (χ1n) is 6.55. The minimum Gasteiger partial charge on any atom is -0.350 e. The Balaban J connectivity index is 2.60. The third kappa shape index (κ3) is 5.52. The van der Waals surface area contributed by atoms with Crippen molar-refractivity contribution in [1.82, 2.24) is 5.43 Å². The molecule has 3 N–H and O–H groups in total. The molecule has 0 atom stereocenters. The van der Waals surface area contributed by atoms with E-state index < -0.39 is 6.03 Å². The Hall–Kier alpha value is -1.32. The minimum atomic E-state index is -0.589. The van der Waals surface area contributed by atoms with Gasteiger partial charge in [-0.15, -0.1) is 0 Å². The van der Waals surface area contributed by atoms with Gasteiger partial charge in [0.2, 0.25) is 0 Å². The molecule has 0 aliphatic heterocycles. The molecule has 0 aromatic rings. The molecule has 4 nitrogen and oxygen atoms in total. The van der Waals surface area contributed by atoms with E-state index in [-0.39, 0.29) is 0 Å². The lowest BCUT2D eigenvalue weighted by atomic mass is 9.93. The van der Waals surface area contributed by atoms with E-state index in [4.69, 9.17) is 5.73 Å². The van der Waals surface area contributed by atoms with Gasteiger partial charge in [0, 0.05) is 0 Å². The summed E-state index contributed by atoms with van der Waals surface area (Å²) in [6.07, 6.45) is 11.4. The van der Waals surface area contributed by atoms with Crippen LogP contribution in [-0.2, 0) is 0 Å². The Bertz CT molecular complexity index is 308. The summed E-state index contributed by atoms with van der Waals surface area (Å²) >= 11 is 0. The highest BCUT2D eigenvalue weighted by Gasteiger charge is 2.10. The van der Waals surface area contributed by atoms with Gasteiger partial charge in [0.1, 0.15) is 0 Å². The molecule has 0 bridgehead atoms. The van der Waals surface area contributed by atoms with E-state index in [1.807, 2.05) is 0 Å². The fraction of sp³-hybridized carbons (Fsp3) is 0.692. The van der Waals surface area contributed by atoms with Crippen molar-refractivity contribution in [3.05, 3.63) is 11.6 Å². The molecule has 0 aromatic heterocycles. The Morgan fingerprint density at radius 3 is 2.88 bits per heavy atom. The van der Waals surface area contributed by atoms with Gasteiger partial charge in [-0.05, 0) is 44.1 Å². The smallest absolute Gasteiger partial charge is 0.332 e. The Kier molecular flexibility index (Phi) is 6.37. The maximum Gasteiger partial charge on any atom is 0.332 e. The number of nitrogens with two attached hydrogens (primary N) is 1. The van der Waals surface area contributed by atoms with Crippen LogP contribution in [0.15, 0.2) is 16.8 Å².